The lowest BCUT2D eigenvalue weighted by molar-refractivity contribution is -0.118. The molecule has 1 aromatic carbocycles. The highest BCUT2D eigenvalue weighted by Crippen LogP contribution is 2.17. The van der Waals surface area contributed by atoms with Crippen molar-refractivity contribution in [2.75, 3.05) is 20.6 Å². The maximum absolute atomic E-state index is 11.9. The second kappa shape index (κ2) is 5.74. The summed E-state index contributed by atoms with van der Waals surface area (Å²) in [5, 5.41) is 1.08. The fourth-order valence-corrected chi connectivity index (χ4v) is 1.96. The van der Waals surface area contributed by atoms with Crippen LogP contribution >= 0.6 is 0 Å². The predicted molar refractivity (Wildman–Crippen MR) is 73.6 cm³/mol. The normalized spacial score (nSPS) is 11.1. The summed E-state index contributed by atoms with van der Waals surface area (Å²) in [6, 6.07) is 9.89. The molecule has 94 valence electrons. The number of ketones is 1. The first-order valence-corrected chi connectivity index (χ1v) is 6.16. The van der Waals surface area contributed by atoms with E-state index in [0.717, 1.165) is 23.0 Å². The number of nitrogens with zero attached hydrogens (tertiary/aromatic N) is 2. The Morgan fingerprint density at radius 1 is 1.22 bits per heavy atom. The van der Waals surface area contributed by atoms with Crippen LogP contribution in [0, 0.1) is 0 Å². The average Bonchev–Trinajstić information content (AvgIpc) is 2.37. The number of carbonyl (C=O) groups is 1. The molecule has 2 aromatic rings. The molecule has 0 aliphatic carbocycles. The van der Waals surface area contributed by atoms with Gasteiger partial charge in [0.2, 0.25) is 0 Å². The summed E-state index contributed by atoms with van der Waals surface area (Å²) in [7, 11) is 3.96. The molecule has 1 aromatic heterocycles. The third-order valence-electron chi connectivity index (χ3n) is 2.96. The van der Waals surface area contributed by atoms with E-state index in [0.29, 0.717) is 12.8 Å². The van der Waals surface area contributed by atoms with Crippen molar-refractivity contribution in [3.05, 3.63) is 42.1 Å². The van der Waals surface area contributed by atoms with Crippen LogP contribution < -0.4 is 0 Å². The fourth-order valence-electron chi connectivity index (χ4n) is 1.96. The molecular formula is C15H18N2O. The molecular weight excluding hydrogens is 224 g/mol. The van der Waals surface area contributed by atoms with E-state index < -0.39 is 0 Å². The predicted octanol–water partition coefficient (Wildman–Crippen LogP) is 2.30. The van der Waals surface area contributed by atoms with Gasteiger partial charge in [0.05, 0.1) is 5.52 Å². The minimum atomic E-state index is 0.278. The molecule has 0 aliphatic heterocycles. The van der Waals surface area contributed by atoms with Gasteiger partial charge in [0.15, 0.2) is 0 Å². The Labute approximate surface area is 107 Å². The Bertz CT molecular complexity index is 544. The molecule has 0 fully saturated rings. The number of hydrogen-bond donors (Lipinski definition) is 0. The highest BCUT2D eigenvalue weighted by atomic mass is 16.1. The minimum Gasteiger partial charge on any atom is -0.309 e. The zero-order chi connectivity index (χ0) is 13.0. The van der Waals surface area contributed by atoms with E-state index in [4.69, 9.17) is 0 Å². The van der Waals surface area contributed by atoms with Crippen LogP contribution in [0.4, 0.5) is 0 Å². The molecule has 0 aliphatic rings. The smallest absolute Gasteiger partial charge is 0.138 e. The van der Waals surface area contributed by atoms with Crippen molar-refractivity contribution < 1.29 is 4.79 Å². The monoisotopic (exact) mass is 242 g/mol. The Morgan fingerprint density at radius 2 is 2.00 bits per heavy atom. The molecule has 0 radical (unpaired) electrons. The van der Waals surface area contributed by atoms with Crippen molar-refractivity contribution in [1.82, 2.24) is 9.88 Å². The third kappa shape index (κ3) is 3.14. The van der Waals surface area contributed by atoms with Crippen LogP contribution in [0.15, 0.2) is 36.5 Å². The standard InChI is InChI=1S/C15H18N2O/c1-17(2)10-8-13(18)11-12-7-9-16-15-6-4-3-5-14(12)15/h3-7,9H,8,10-11H2,1-2H3. The topological polar surface area (TPSA) is 33.2 Å². The van der Waals surface area contributed by atoms with Gasteiger partial charge in [0.25, 0.3) is 0 Å². The molecule has 3 nitrogen and oxygen atoms in total. The second-order valence-electron chi connectivity index (χ2n) is 4.76. The van der Waals surface area contributed by atoms with E-state index in [1.54, 1.807) is 6.20 Å². The van der Waals surface area contributed by atoms with Gasteiger partial charge in [-0.3, -0.25) is 9.78 Å². The number of para-hydroxylation sites is 1. The van der Waals surface area contributed by atoms with Crippen LogP contribution in [-0.2, 0) is 11.2 Å². The Morgan fingerprint density at radius 3 is 2.78 bits per heavy atom. The van der Waals surface area contributed by atoms with Crippen LogP contribution in [-0.4, -0.2) is 36.3 Å². The van der Waals surface area contributed by atoms with E-state index in [1.807, 2.05) is 49.3 Å². The molecule has 1 heterocycles. The summed E-state index contributed by atoms with van der Waals surface area (Å²) in [5.41, 5.74) is 2.03. The average molecular weight is 242 g/mol. The van der Waals surface area contributed by atoms with Crippen LogP contribution in [0.3, 0.4) is 0 Å². The summed E-state index contributed by atoms with van der Waals surface area (Å²) in [6.45, 7) is 0.807. The third-order valence-corrected chi connectivity index (χ3v) is 2.96. The summed E-state index contributed by atoms with van der Waals surface area (Å²) >= 11 is 0. The molecule has 0 unspecified atom stereocenters. The Balaban J connectivity index is 2.14. The first kappa shape index (κ1) is 12.7. The zero-order valence-electron chi connectivity index (χ0n) is 10.9. The summed E-state index contributed by atoms with van der Waals surface area (Å²) < 4.78 is 0. The van der Waals surface area contributed by atoms with Crippen LogP contribution in [0.25, 0.3) is 10.9 Å². The van der Waals surface area contributed by atoms with Gasteiger partial charge in [-0.2, -0.15) is 0 Å². The van der Waals surface area contributed by atoms with Crippen LogP contribution in [0.2, 0.25) is 0 Å². The largest absolute Gasteiger partial charge is 0.309 e. The number of fused-ring (bicyclic) bond motifs is 1. The lowest BCUT2D eigenvalue weighted by atomic mass is 10.0. The number of carbonyl (C=O) groups excluding carboxylic acids is 1. The zero-order valence-corrected chi connectivity index (χ0v) is 10.9. The number of pyridine rings is 1. The van der Waals surface area contributed by atoms with E-state index >= 15 is 0 Å². The molecule has 0 bridgehead atoms. The minimum absolute atomic E-state index is 0.278. The summed E-state index contributed by atoms with van der Waals surface area (Å²) in [5.74, 6) is 0.278. The van der Waals surface area contributed by atoms with E-state index in [9.17, 15) is 4.79 Å². The molecule has 0 saturated heterocycles. The molecule has 2 rings (SSSR count). The lowest BCUT2D eigenvalue weighted by Crippen LogP contribution is -2.17. The number of rotatable bonds is 5. The number of benzene rings is 1. The van der Waals surface area contributed by atoms with Gasteiger partial charge >= 0.3 is 0 Å². The van der Waals surface area contributed by atoms with E-state index in [1.165, 1.54) is 0 Å². The molecule has 0 atom stereocenters. The van der Waals surface area contributed by atoms with Gasteiger partial charge in [-0.15, -0.1) is 0 Å². The second-order valence-corrected chi connectivity index (χ2v) is 4.76. The van der Waals surface area contributed by atoms with Crippen molar-refractivity contribution >= 4 is 16.7 Å². The van der Waals surface area contributed by atoms with E-state index in [-0.39, 0.29) is 5.78 Å². The lowest BCUT2D eigenvalue weighted by Gasteiger charge is -2.09. The first-order chi connectivity index (χ1) is 8.66. The Hall–Kier alpha value is -1.74. The quantitative estimate of drug-likeness (QED) is 0.806. The highest BCUT2D eigenvalue weighted by Gasteiger charge is 2.07. The van der Waals surface area contributed by atoms with Gasteiger partial charge in [-0.25, -0.2) is 0 Å². The van der Waals surface area contributed by atoms with Gasteiger partial charge in [-0.05, 0) is 31.8 Å². The maximum Gasteiger partial charge on any atom is 0.138 e. The van der Waals surface area contributed by atoms with Crippen molar-refractivity contribution in [2.45, 2.75) is 12.8 Å². The molecule has 18 heavy (non-hydrogen) atoms. The highest BCUT2D eigenvalue weighted by molar-refractivity contribution is 5.88. The molecule has 0 N–H and O–H groups in total. The SMILES string of the molecule is CN(C)CCC(=O)Cc1ccnc2ccccc12. The van der Waals surface area contributed by atoms with E-state index in [2.05, 4.69) is 4.98 Å². The van der Waals surface area contributed by atoms with Crippen molar-refractivity contribution in [3.63, 3.8) is 0 Å². The Kier molecular flexibility index (Phi) is 4.05. The summed E-state index contributed by atoms with van der Waals surface area (Å²) in [4.78, 5) is 18.2. The molecule has 0 amide bonds. The number of hydrogen-bond acceptors (Lipinski definition) is 3. The number of aromatic nitrogens is 1. The van der Waals surface area contributed by atoms with Crippen molar-refractivity contribution in [1.29, 1.82) is 0 Å². The van der Waals surface area contributed by atoms with Gasteiger partial charge in [0.1, 0.15) is 5.78 Å². The maximum atomic E-state index is 11.9. The van der Waals surface area contributed by atoms with Crippen molar-refractivity contribution in [2.24, 2.45) is 0 Å². The first-order valence-electron chi connectivity index (χ1n) is 6.16. The molecule has 0 saturated carbocycles. The van der Waals surface area contributed by atoms with Crippen LogP contribution in [0.5, 0.6) is 0 Å². The number of Topliss-reactive ketones (excluding diaryl/α,β-unsaturated/α-hetero) is 1. The van der Waals surface area contributed by atoms with Crippen LogP contribution in [0.1, 0.15) is 12.0 Å². The van der Waals surface area contributed by atoms with Crippen molar-refractivity contribution in [3.8, 4) is 0 Å². The summed E-state index contributed by atoms with van der Waals surface area (Å²) in [6.07, 6.45) is 2.87. The fraction of sp³-hybridized carbons (Fsp3) is 0.333. The molecule has 3 heteroatoms. The molecule has 0 spiro atoms. The van der Waals surface area contributed by atoms with Gasteiger partial charge < -0.3 is 4.90 Å². The van der Waals surface area contributed by atoms with Gasteiger partial charge in [-0.1, -0.05) is 18.2 Å². The van der Waals surface area contributed by atoms with Gasteiger partial charge in [0, 0.05) is 31.0 Å².